The van der Waals surface area contributed by atoms with Gasteiger partial charge in [0.2, 0.25) is 0 Å². The van der Waals surface area contributed by atoms with Crippen LogP contribution in [-0.4, -0.2) is 18.0 Å². The van der Waals surface area contributed by atoms with Gasteiger partial charge in [-0.05, 0) is 43.2 Å². The minimum atomic E-state index is -0.212. The summed E-state index contributed by atoms with van der Waals surface area (Å²) < 4.78 is 4.93. The summed E-state index contributed by atoms with van der Waals surface area (Å²) in [7, 11) is 0. The third kappa shape index (κ3) is 5.35. The topological polar surface area (TPSA) is 26.3 Å². The number of carbonyl (C=O) groups is 1. The normalized spacial score (nSPS) is 17.4. The van der Waals surface area contributed by atoms with E-state index in [9.17, 15) is 4.79 Å². The molecular formula is C18H25ClO2. The molecule has 0 aliphatic heterocycles. The molecule has 0 radical (unpaired) electrons. The molecule has 0 saturated heterocycles. The Balaban J connectivity index is 1.85. The van der Waals surface area contributed by atoms with Crippen molar-refractivity contribution in [1.82, 2.24) is 0 Å². The molecule has 2 nitrogen and oxygen atoms in total. The van der Waals surface area contributed by atoms with Gasteiger partial charge in [0.25, 0.3) is 0 Å². The molecule has 0 aromatic heterocycles. The number of hydrogen-bond acceptors (Lipinski definition) is 2. The maximum absolute atomic E-state index is 11.4. The quantitative estimate of drug-likeness (QED) is 0.555. The Morgan fingerprint density at radius 2 is 1.90 bits per heavy atom. The molecule has 1 aliphatic rings. The highest BCUT2D eigenvalue weighted by atomic mass is 35.5. The summed E-state index contributed by atoms with van der Waals surface area (Å²) in [5, 5.41) is -0.190. The van der Waals surface area contributed by atoms with E-state index in [1.165, 1.54) is 43.2 Å². The molecular weight excluding hydrogens is 284 g/mol. The Kier molecular flexibility index (Phi) is 6.56. The summed E-state index contributed by atoms with van der Waals surface area (Å²) in [4.78, 5) is 11.4. The van der Waals surface area contributed by atoms with Crippen LogP contribution in [0.15, 0.2) is 24.3 Å². The van der Waals surface area contributed by atoms with E-state index in [4.69, 9.17) is 16.3 Å². The highest BCUT2D eigenvalue weighted by molar-refractivity contribution is 6.21. The lowest BCUT2D eigenvalue weighted by Gasteiger charge is -2.22. The zero-order valence-corrected chi connectivity index (χ0v) is 13.6. The van der Waals surface area contributed by atoms with E-state index in [1.807, 2.05) is 6.92 Å². The first kappa shape index (κ1) is 16.4. The van der Waals surface area contributed by atoms with E-state index < -0.39 is 0 Å². The lowest BCUT2D eigenvalue weighted by atomic mass is 9.84. The average Bonchev–Trinajstić information content (AvgIpc) is 2.49. The molecule has 1 unspecified atom stereocenters. The fourth-order valence-corrected chi connectivity index (χ4v) is 3.39. The molecule has 0 amide bonds. The van der Waals surface area contributed by atoms with Crippen LogP contribution < -0.4 is 0 Å². The van der Waals surface area contributed by atoms with Crippen LogP contribution in [0.5, 0.6) is 0 Å². The Morgan fingerprint density at radius 1 is 1.24 bits per heavy atom. The minimum absolute atomic E-state index is 0.190. The summed E-state index contributed by atoms with van der Waals surface area (Å²) >= 11 is 6.23. The van der Waals surface area contributed by atoms with E-state index in [1.54, 1.807) is 0 Å². The zero-order valence-electron chi connectivity index (χ0n) is 12.8. The van der Waals surface area contributed by atoms with Crippen LogP contribution in [-0.2, 0) is 16.0 Å². The molecule has 1 atom stereocenters. The third-order valence-corrected chi connectivity index (χ3v) is 4.52. The van der Waals surface area contributed by atoms with Gasteiger partial charge in [-0.2, -0.15) is 0 Å². The van der Waals surface area contributed by atoms with E-state index in [-0.39, 0.29) is 17.8 Å². The number of esters is 1. The fourth-order valence-electron chi connectivity index (χ4n) is 3.09. The zero-order chi connectivity index (χ0) is 15.1. The van der Waals surface area contributed by atoms with Gasteiger partial charge in [0.05, 0.1) is 13.0 Å². The van der Waals surface area contributed by atoms with Crippen LogP contribution in [0.3, 0.4) is 0 Å². The van der Waals surface area contributed by atoms with Crippen LogP contribution in [0, 0.1) is 0 Å². The van der Waals surface area contributed by atoms with Crippen LogP contribution in [0.4, 0.5) is 0 Å². The molecule has 21 heavy (non-hydrogen) atoms. The van der Waals surface area contributed by atoms with Crippen molar-refractivity contribution in [2.45, 2.75) is 63.2 Å². The maximum atomic E-state index is 11.4. The fraction of sp³-hybridized carbons (Fsp3) is 0.611. The van der Waals surface area contributed by atoms with Gasteiger partial charge in [-0.25, -0.2) is 0 Å². The molecule has 1 fully saturated rings. The molecule has 3 heteroatoms. The number of benzene rings is 1. The predicted molar refractivity (Wildman–Crippen MR) is 86.9 cm³/mol. The molecule has 1 aromatic rings. The number of ether oxygens (including phenoxy) is 1. The standard InChI is InChI=1S/C18H25ClO2/c1-2-21-18(20)13-17(19)12-14-8-10-16(11-9-14)15-6-4-3-5-7-15/h8-11,15,17H,2-7,12-13H2,1H3. The van der Waals surface area contributed by atoms with Crippen molar-refractivity contribution in [3.63, 3.8) is 0 Å². The number of alkyl halides is 1. The smallest absolute Gasteiger partial charge is 0.307 e. The average molecular weight is 309 g/mol. The SMILES string of the molecule is CCOC(=O)CC(Cl)Cc1ccc(C2CCCCC2)cc1. The molecule has 1 aliphatic carbocycles. The van der Waals surface area contributed by atoms with Gasteiger partial charge in [-0.1, -0.05) is 43.5 Å². The maximum Gasteiger partial charge on any atom is 0.307 e. The summed E-state index contributed by atoms with van der Waals surface area (Å²) in [6.07, 6.45) is 7.73. The molecule has 1 saturated carbocycles. The second-order valence-corrected chi connectivity index (χ2v) is 6.50. The number of carbonyl (C=O) groups excluding carboxylic acids is 1. The highest BCUT2D eigenvalue weighted by Crippen LogP contribution is 2.32. The lowest BCUT2D eigenvalue weighted by molar-refractivity contribution is -0.143. The summed E-state index contributed by atoms with van der Waals surface area (Å²) in [6.45, 7) is 2.23. The molecule has 116 valence electrons. The molecule has 0 N–H and O–H groups in total. The summed E-state index contributed by atoms with van der Waals surface area (Å²) in [5.41, 5.74) is 2.65. The van der Waals surface area contributed by atoms with Crippen LogP contribution >= 0.6 is 11.6 Å². The summed E-state index contributed by atoms with van der Waals surface area (Å²) in [5.74, 6) is 0.524. The van der Waals surface area contributed by atoms with E-state index >= 15 is 0 Å². The molecule has 0 heterocycles. The monoisotopic (exact) mass is 308 g/mol. The first-order chi connectivity index (χ1) is 10.2. The van der Waals surface area contributed by atoms with Gasteiger partial charge in [0, 0.05) is 5.38 Å². The van der Waals surface area contributed by atoms with Crippen molar-refractivity contribution in [3.8, 4) is 0 Å². The Labute approximate surface area is 132 Å². The minimum Gasteiger partial charge on any atom is -0.466 e. The van der Waals surface area contributed by atoms with Crippen molar-refractivity contribution < 1.29 is 9.53 Å². The van der Waals surface area contributed by atoms with Gasteiger partial charge in [0.1, 0.15) is 0 Å². The third-order valence-electron chi connectivity index (χ3n) is 4.21. The van der Waals surface area contributed by atoms with Crippen LogP contribution in [0.1, 0.15) is 62.5 Å². The van der Waals surface area contributed by atoms with Gasteiger partial charge in [0.15, 0.2) is 0 Å². The number of hydrogen-bond donors (Lipinski definition) is 0. The van der Waals surface area contributed by atoms with E-state index in [0.29, 0.717) is 13.0 Å². The number of rotatable bonds is 6. The first-order valence-corrected chi connectivity index (χ1v) is 8.51. The first-order valence-electron chi connectivity index (χ1n) is 8.07. The Bertz CT molecular complexity index is 435. The van der Waals surface area contributed by atoms with Crippen molar-refractivity contribution >= 4 is 17.6 Å². The van der Waals surface area contributed by atoms with Gasteiger partial charge >= 0.3 is 5.97 Å². The summed E-state index contributed by atoms with van der Waals surface area (Å²) in [6, 6.07) is 8.79. The van der Waals surface area contributed by atoms with E-state index in [0.717, 1.165) is 5.92 Å². The predicted octanol–water partition coefficient (Wildman–Crippen LogP) is 4.84. The molecule has 1 aromatic carbocycles. The van der Waals surface area contributed by atoms with Crippen molar-refractivity contribution in [2.75, 3.05) is 6.61 Å². The van der Waals surface area contributed by atoms with Crippen molar-refractivity contribution in [1.29, 1.82) is 0 Å². The highest BCUT2D eigenvalue weighted by Gasteiger charge is 2.16. The largest absolute Gasteiger partial charge is 0.466 e. The molecule has 0 bridgehead atoms. The second-order valence-electron chi connectivity index (χ2n) is 5.89. The van der Waals surface area contributed by atoms with Crippen molar-refractivity contribution in [2.24, 2.45) is 0 Å². The van der Waals surface area contributed by atoms with Gasteiger partial charge in [-0.15, -0.1) is 11.6 Å². The molecule has 0 spiro atoms. The van der Waals surface area contributed by atoms with Crippen LogP contribution in [0.2, 0.25) is 0 Å². The van der Waals surface area contributed by atoms with Gasteiger partial charge in [-0.3, -0.25) is 4.79 Å². The van der Waals surface area contributed by atoms with Crippen molar-refractivity contribution in [3.05, 3.63) is 35.4 Å². The second kappa shape index (κ2) is 8.43. The lowest BCUT2D eigenvalue weighted by Crippen LogP contribution is -2.13. The Morgan fingerprint density at radius 3 is 2.52 bits per heavy atom. The molecule has 2 rings (SSSR count). The van der Waals surface area contributed by atoms with Crippen LogP contribution in [0.25, 0.3) is 0 Å². The Hall–Kier alpha value is -1.02. The number of halogens is 1. The van der Waals surface area contributed by atoms with Gasteiger partial charge < -0.3 is 4.74 Å². The van der Waals surface area contributed by atoms with E-state index in [2.05, 4.69) is 24.3 Å².